The number of anilines is 2. The Bertz CT molecular complexity index is 1260. The molecular weight excluding hydrogens is 476 g/mol. The summed E-state index contributed by atoms with van der Waals surface area (Å²) in [5.41, 5.74) is 1.10. The summed E-state index contributed by atoms with van der Waals surface area (Å²) in [7, 11) is 4.62. The number of carbonyl (C=O) groups excluding carboxylic acids is 2. The zero-order valence-electron chi connectivity index (χ0n) is 18.6. The van der Waals surface area contributed by atoms with Crippen LogP contribution in [0, 0.1) is 0 Å². The first-order chi connectivity index (χ1) is 16.4. The summed E-state index contributed by atoms with van der Waals surface area (Å²) in [6, 6.07) is 18.9. The van der Waals surface area contributed by atoms with Gasteiger partial charge in [0.1, 0.15) is 27.9 Å². The van der Waals surface area contributed by atoms with Crippen molar-refractivity contribution in [3.05, 3.63) is 82.4 Å². The average Bonchev–Trinajstić information content (AvgIpc) is 3.09. The number of ether oxygens (including phenoxy) is 3. The second-order valence-corrected chi connectivity index (χ2v) is 8.62. The van der Waals surface area contributed by atoms with Crippen molar-refractivity contribution in [1.29, 1.82) is 0 Å². The van der Waals surface area contributed by atoms with Gasteiger partial charge in [-0.2, -0.15) is 0 Å². The van der Waals surface area contributed by atoms with Crippen LogP contribution < -0.4 is 24.4 Å². The Morgan fingerprint density at radius 1 is 0.794 bits per heavy atom. The Balaban J connectivity index is 1.75. The van der Waals surface area contributed by atoms with E-state index in [1.807, 2.05) is 0 Å². The third-order valence-electron chi connectivity index (χ3n) is 5.07. The fourth-order valence-electron chi connectivity index (χ4n) is 3.34. The molecule has 0 atom stereocenters. The highest BCUT2D eigenvalue weighted by Crippen LogP contribution is 2.40. The number of thioether (sulfide) groups is 1. The third kappa shape index (κ3) is 4.69. The summed E-state index contributed by atoms with van der Waals surface area (Å²) < 4.78 is 15.9. The molecule has 0 unspecified atom stereocenters. The van der Waals surface area contributed by atoms with Crippen molar-refractivity contribution < 1.29 is 23.8 Å². The van der Waals surface area contributed by atoms with Crippen LogP contribution in [0.1, 0.15) is 0 Å². The van der Waals surface area contributed by atoms with Gasteiger partial charge >= 0.3 is 0 Å². The molecule has 0 bridgehead atoms. The van der Waals surface area contributed by atoms with Crippen LogP contribution in [0.3, 0.4) is 0 Å². The number of halogens is 1. The van der Waals surface area contributed by atoms with Gasteiger partial charge in [-0.25, -0.2) is 4.90 Å². The molecule has 34 heavy (non-hydrogen) atoms. The Morgan fingerprint density at radius 2 is 1.44 bits per heavy atom. The monoisotopic (exact) mass is 496 g/mol. The predicted octanol–water partition coefficient (Wildman–Crippen LogP) is 5.36. The molecule has 1 aliphatic rings. The fourth-order valence-corrected chi connectivity index (χ4v) is 4.39. The largest absolute Gasteiger partial charge is 0.497 e. The maximum absolute atomic E-state index is 13.5. The first-order valence-corrected chi connectivity index (χ1v) is 11.3. The van der Waals surface area contributed by atoms with Gasteiger partial charge < -0.3 is 19.5 Å². The molecule has 9 heteroatoms. The van der Waals surface area contributed by atoms with Crippen molar-refractivity contribution in [3.63, 3.8) is 0 Å². The lowest BCUT2D eigenvalue weighted by Crippen LogP contribution is -2.32. The van der Waals surface area contributed by atoms with Crippen LogP contribution in [-0.4, -0.2) is 33.1 Å². The van der Waals surface area contributed by atoms with Gasteiger partial charge in [0.05, 0.1) is 32.7 Å². The van der Waals surface area contributed by atoms with E-state index in [0.29, 0.717) is 33.6 Å². The van der Waals surface area contributed by atoms with Gasteiger partial charge in [0.25, 0.3) is 11.8 Å². The number of amides is 2. The summed E-state index contributed by atoms with van der Waals surface area (Å²) in [6.45, 7) is 0. The first kappa shape index (κ1) is 23.5. The van der Waals surface area contributed by atoms with E-state index in [1.54, 1.807) is 80.9 Å². The summed E-state index contributed by atoms with van der Waals surface area (Å²) in [5.74, 6) is 0.758. The predicted molar refractivity (Wildman–Crippen MR) is 133 cm³/mol. The molecule has 0 aromatic heterocycles. The molecular formula is C25H21ClN2O5S. The van der Waals surface area contributed by atoms with Crippen LogP contribution in [0.15, 0.2) is 82.2 Å². The molecule has 0 spiro atoms. The van der Waals surface area contributed by atoms with Crippen LogP contribution in [0.5, 0.6) is 17.2 Å². The number of nitrogens with zero attached hydrogens (tertiary/aromatic N) is 1. The number of methoxy groups -OCH3 is 3. The third-order valence-corrected chi connectivity index (χ3v) is 6.42. The molecule has 4 rings (SSSR count). The van der Waals surface area contributed by atoms with Crippen LogP contribution in [-0.2, 0) is 9.59 Å². The first-order valence-electron chi connectivity index (χ1n) is 10.1. The van der Waals surface area contributed by atoms with Gasteiger partial charge in [-0.1, -0.05) is 23.4 Å². The van der Waals surface area contributed by atoms with Crippen molar-refractivity contribution in [2.75, 3.05) is 31.5 Å². The lowest BCUT2D eigenvalue weighted by Gasteiger charge is -2.16. The maximum atomic E-state index is 13.5. The van der Waals surface area contributed by atoms with E-state index in [4.69, 9.17) is 25.8 Å². The number of carbonyl (C=O) groups is 2. The van der Waals surface area contributed by atoms with Gasteiger partial charge in [-0.3, -0.25) is 9.59 Å². The molecule has 1 heterocycles. The molecule has 2 amide bonds. The minimum Gasteiger partial charge on any atom is -0.497 e. The van der Waals surface area contributed by atoms with Crippen LogP contribution in [0.4, 0.5) is 11.4 Å². The Hall–Kier alpha value is -3.62. The molecule has 3 aromatic rings. The highest BCUT2D eigenvalue weighted by atomic mass is 35.5. The minimum atomic E-state index is -0.482. The quantitative estimate of drug-likeness (QED) is 0.421. The molecule has 0 aliphatic carbocycles. The number of nitrogens with one attached hydrogen (secondary N) is 1. The Kier molecular flexibility index (Phi) is 7.00. The molecule has 3 aromatic carbocycles. The maximum Gasteiger partial charge on any atom is 0.283 e. The highest BCUT2D eigenvalue weighted by Gasteiger charge is 2.40. The van der Waals surface area contributed by atoms with Crippen molar-refractivity contribution >= 4 is 46.6 Å². The smallest absolute Gasteiger partial charge is 0.283 e. The normalized spacial score (nSPS) is 13.4. The number of hydrogen-bond donors (Lipinski definition) is 1. The standard InChI is InChI=1S/C25H21ClN2O5S/c1-31-17-8-6-16(7-9-17)28-24(29)22(27-20-13-10-18(32-2)14-21(20)33-3)23(25(28)30)34-19-11-4-15(26)5-12-19/h4-14,27H,1-3H3. The van der Waals surface area contributed by atoms with Crippen LogP contribution >= 0.6 is 23.4 Å². The van der Waals surface area contributed by atoms with Crippen LogP contribution in [0.2, 0.25) is 5.02 Å². The topological polar surface area (TPSA) is 77.1 Å². The minimum absolute atomic E-state index is 0.143. The number of benzene rings is 3. The van der Waals surface area contributed by atoms with E-state index in [2.05, 4.69) is 5.32 Å². The molecule has 0 saturated carbocycles. The van der Waals surface area contributed by atoms with Crippen LogP contribution in [0.25, 0.3) is 0 Å². The van der Waals surface area contributed by atoms with E-state index in [-0.39, 0.29) is 10.6 Å². The lowest BCUT2D eigenvalue weighted by molar-refractivity contribution is -0.120. The van der Waals surface area contributed by atoms with E-state index < -0.39 is 11.8 Å². The van der Waals surface area contributed by atoms with E-state index >= 15 is 0 Å². The van der Waals surface area contributed by atoms with Crippen molar-refractivity contribution in [3.8, 4) is 17.2 Å². The zero-order chi connectivity index (χ0) is 24.2. The van der Waals surface area contributed by atoms with E-state index in [1.165, 1.54) is 18.9 Å². The molecule has 0 saturated heterocycles. The average molecular weight is 497 g/mol. The van der Waals surface area contributed by atoms with E-state index in [9.17, 15) is 9.59 Å². The molecule has 7 nitrogen and oxygen atoms in total. The SMILES string of the molecule is COc1ccc(N2C(=O)C(Nc3ccc(OC)cc3OC)=C(Sc3ccc(Cl)cc3)C2=O)cc1. The molecule has 0 fully saturated rings. The van der Waals surface area contributed by atoms with Gasteiger partial charge in [-0.15, -0.1) is 0 Å². The summed E-state index contributed by atoms with van der Waals surface area (Å²) in [4.78, 5) is 29.1. The Labute approximate surface area is 206 Å². The van der Waals surface area contributed by atoms with Gasteiger partial charge in [0.15, 0.2) is 0 Å². The molecule has 174 valence electrons. The fraction of sp³-hybridized carbons (Fsp3) is 0.120. The number of hydrogen-bond acceptors (Lipinski definition) is 7. The number of imide groups is 1. The highest BCUT2D eigenvalue weighted by molar-refractivity contribution is 8.04. The molecule has 1 aliphatic heterocycles. The molecule has 0 radical (unpaired) electrons. The van der Waals surface area contributed by atoms with E-state index in [0.717, 1.165) is 9.80 Å². The van der Waals surface area contributed by atoms with Crippen molar-refractivity contribution in [2.24, 2.45) is 0 Å². The second kappa shape index (κ2) is 10.1. The summed E-state index contributed by atoms with van der Waals surface area (Å²) in [5, 5.41) is 3.69. The van der Waals surface area contributed by atoms with Gasteiger partial charge in [0.2, 0.25) is 0 Å². The second-order valence-electron chi connectivity index (χ2n) is 7.10. The zero-order valence-corrected chi connectivity index (χ0v) is 20.2. The van der Waals surface area contributed by atoms with Gasteiger partial charge in [0, 0.05) is 16.0 Å². The lowest BCUT2D eigenvalue weighted by atomic mass is 10.2. The summed E-state index contributed by atoms with van der Waals surface area (Å²) in [6.07, 6.45) is 0. The Morgan fingerprint density at radius 3 is 2.06 bits per heavy atom. The van der Waals surface area contributed by atoms with Crippen molar-refractivity contribution in [2.45, 2.75) is 4.90 Å². The number of rotatable bonds is 8. The summed E-state index contributed by atoms with van der Waals surface area (Å²) >= 11 is 7.19. The van der Waals surface area contributed by atoms with Crippen molar-refractivity contribution in [1.82, 2.24) is 0 Å². The van der Waals surface area contributed by atoms with Gasteiger partial charge in [-0.05, 0) is 60.7 Å². The molecule has 1 N–H and O–H groups in total.